The molecule has 4 nitrogen and oxygen atoms in total. The summed E-state index contributed by atoms with van der Waals surface area (Å²) in [5.41, 5.74) is 1.56. The Bertz CT molecular complexity index is 392. The van der Waals surface area contributed by atoms with E-state index in [-0.39, 0.29) is 6.61 Å². The Morgan fingerprint density at radius 2 is 2.00 bits per heavy atom. The van der Waals surface area contributed by atoms with Gasteiger partial charge in [0, 0.05) is 10.9 Å². The molecular formula is C12H15BrO4. The fourth-order valence-electron chi connectivity index (χ4n) is 1.75. The number of aliphatic hydroxyl groups is 2. The quantitative estimate of drug-likeness (QED) is 0.698. The lowest BCUT2D eigenvalue weighted by Gasteiger charge is -2.16. The molecular weight excluding hydrogens is 288 g/mol. The average Bonchev–Trinajstić information content (AvgIpc) is 2.34. The van der Waals surface area contributed by atoms with Gasteiger partial charge in [-0.3, -0.25) is 0 Å². The molecule has 3 N–H and O–H groups in total. The number of carbonyl (C=O) groups is 1. The number of hydrogen-bond acceptors (Lipinski definition) is 3. The topological polar surface area (TPSA) is 77.8 Å². The molecule has 0 aliphatic heterocycles. The molecule has 0 saturated carbocycles. The molecule has 0 amide bonds. The van der Waals surface area contributed by atoms with E-state index in [2.05, 4.69) is 15.9 Å². The van der Waals surface area contributed by atoms with Crippen molar-refractivity contribution in [2.45, 2.75) is 25.6 Å². The zero-order valence-corrected chi connectivity index (χ0v) is 10.9. The van der Waals surface area contributed by atoms with Gasteiger partial charge >= 0.3 is 5.97 Å². The van der Waals surface area contributed by atoms with Crippen molar-refractivity contribution in [2.24, 2.45) is 0 Å². The second kappa shape index (κ2) is 6.74. The average molecular weight is 303 g/mol. The third kappa shape index (κ3) is 3.52. The van der Waals surface area contributed by atoms with Crippen LogP contribution in [0.1, 0.15) is 29.2 Å². The molecule has 0 aliphatic rings. The summed E-state index contributed by atoms with van der Waals surface area (Å²) in [6.45, 7) is -0.276. The van der Waals surface area contributed by atoms with Crippen LogP contribution in [0.5, 0.6) is 0 Å². The van der Waals surface area contributed by atoms with Crippen molar-refractivity contribution in [1.29, 1.82) is 0 Å². The summed E-state index contributed by atoms with van der Waals surface area (Å²) < 4.78 is 0. The van der Waals surface area contributed by atoms with Crippen LogP contribution in [0.4, 0.5) is 0 Å². The predicted molar refractivity (Wildman–Crippen MR) is 67.1 cm³/mol. The van der Waals surface area contributed by atoms with Crippen LogP contribution in [0.2, 0.25) is 0 Å². The summed E-state index contributed by atoms with van der Waals surface area (Å²) >= 11 is 3.30. The molecule has 0 aromatic heterocycles. The first kappa shape index (κ1) is 14.2. The van der Waals surface area contributed by atoms with Crippen molar-refractivity contribution in [3.63, 3.8) is 0 Å². The van der Waals surface area contributed by atoms with Crippen LogP contribution < -0.4 is 0 Å². The SMILES string of the molecule is O=C(O)C(O)c1c(CO)cccc1CCCBr. The minimum Gasteiger partial charge on any atom is -0.479 e. The Kier molecular flexibility index (Phi) is 5.61. The highest BCUT2D eigenvalue weighted by Crippen LogP contribution is 2.24. The number of aryl methyl sites for hydroxylation is 1. The maximum absolute atomic E-state index is 10.9. The Hall–Kier alpha value is -0.910. The van der Waals surface area contributed by atoms with E-state index in [0.717, 1.165) is 17.3 Å². The van der Waals surface area contributed by atoms with Crippen molar-refractivity contribution in [3.05, 3.63) is 34.9 Å². The van der Waals surface area contributed by atoms with Gasteiger partial charge in [0.25, 0.3) is 0 Å². The molecule has 1 aromatic rings. The van der Waals surface area contributed by atoms with Crippen molar-refractivity contribution >= 4 is 21.9 Å². The fourth-order valence-corrected chi connectivity index (χ4v) is 2.03. The van der Waals surface area contributed by atoms with Crippen LogP contribution in [0.25, 0.3) is 0 Å². The highest BCUT2D eigenvalue weighted by atomic mass is 79.9. The van der Waals surface area contributed by atoms with E-state index in [1.54, 1.807) is 18.2 Å². The first-order chi connectivity index (χ1) is 8.11. The van der Waals surface area contributed by atoms with Crippen molar-refractivity contribution < 1.29 is 20.1 Å². The van der Waals surface area contributed by atoms with Gasteiger partial charge in [-0.1, -0.05) is 34.1 Å². The van der Waals surface area contributed by atoms with Crippen LogP contribution in [-0.4, -0.2) is 26.6 Å². The molecule has 0 radical (unpaired) electrons. The molecule has 1 aromatic carbocycles. The number of carboxylic acid groups (broad SMARTS) is 1. The maximum atomic E-state index is 10.9. The van der Waals surface area contributed by atoms with Crippen LogP contribution in [-0.2, 0) is 17.8 Å². The molecule has 5 heteroatoms. The minimum atomic E-state index is -1.58. The van der Waals surface area contributed by atoms with E-state index in [1.807, 2.05) is 0 Å². The monoisotopic (exact) mass is 302 g/mol. The van der Waals surface area contributed by atoms with E-state index >= 15 is 0 Å². The number of hydrogen-bond donors (Lipinski definition) is 3. The van der Waals surface area contributed by atoms with Gasteiger partial charge in [0.1, 0.15) is 0 Å². The van der Waals surface area contributed by atoms with Gasteiger partial charge < -0.3 is 15.3 Å². The fraction of sp³-hybridized carbons (Fsp3) is 0.417. The first-order valence-corrected chi connectivity index (χ1v) is 6.42. The van der Waals surface area contributed by atoms with Gasteiger partial charge in [-0.05, 0) is 24.0 Å². The van der Waals surface area contributed by atoms with Gasteiger partial charge in [0.2, 0.25) is 0 Å². The molecule has 1 rings (SSSR count). The number of aliphatic hydroxyl groups excluding tert-OH is 2. The van der Waals surface area contributed by atoms with Gasteiger partial charge in [0.05, 0.1) is 6.61 Å². The van der Waals surface area contributed by atoms with E-state index < -0.39 is 12.1 Å². The summed E-state index contributed by atoms with van der Waals surface area (Å²) in [4.78, 5) is 10.9. The number of halogens is 1. The number of rotatable bonds is 6. The third-order valence-electron chi connectivity index (χ3n) is 2.54. The Labute approximate surface area is 108 Å². The molecule has 17 heavy (non-hydrogen) atoms. The molecule has 0 fully saturated rings. The summed E-state index contributed by atoms with van der Waals surface area (Å²) in [5.74, 6) is -1.30. The van der Waals surface area contributed by atoms with Gasteiger partial charge in [-0.25, -0.2) is 4.79 Å². The Morgan fingerprint density at radius 1 is 1.35 bits per heavy atom. The normalized spacial score (nSPS) is 12.4. The lowest BCUT2D eigenvalue weighted by Crippen LogP contribution is -2.15. The summed E-state index contributed by atoms with van der Waals surface area (Å²) in [6, 6.07) is 5.16. The van der Waals surface area contributed by atoms with Crippen molar-refractivity contribution in [1.82, 2.24) is 0 Å². The highest BCUT2D eigenvalue weighted by Gasteiger charge is 2.22. The number of carboxylic acids is 1. The molecule has 0 bridgehead atoms. The predicted octanol–water partition coefficient (Wildman–Crippen LogP) is 1.62. The van der Waals surface area contributed by atoms with Gasteiger partial charge in [0.15, 0.2) is 6.10 Å². The van der Waals surface area contributed by atoms with E-state index in [1.165, 1.54) is 0 Å². The highest BCUT2D eigenvalue weighted by molar-refractivity contribution is 9.09. The second-order valence-corrected chi connectivity index (χ2v) is 4.47. The van der Waals surface area contributed by atoms with E-state index in [9.17, 15) is 15.0 Å². The second-order valence-electron chi connectivity index (χ2n) is 3.68. The third-order valence-corrected chi connectivity index (χ3v) is 3.10. The van der Waals surface area contributed by atoms with Crippen molar-refractivity contribution in [3.8, 4) is 0 Å². The number of benzene rings is 1. The molecule has 0 spiro atoms. The van der Waals surface area contributed by atoms with Crippen molar-refractivity contribution in [2.75, 3.05) is 5.33 Å². The molecule has 1 unspecified atom stereocenters. The Morgan fingerprint density at radius 3 is 2.53 bits per heavy atom. The minimum absolute atomic E-state index is 0.276. The zero-order chi connectivity index (χ0) is 12.8. The Balaban J connectivity index is 3.15. The number of aliphatic carboxylic acids is 1. The van der Waals surface area contributed by atoms with Crippen LogP contribution in [0, 0.1) is 0 Å². The largest absolute Gasteiger partial charge is 0.479 e. The van der Waals surface area contributed by atoms with Crippen LogP contribution in [0.3, 0.4) is 0 Å². The molecule has 0 heterocycles. The van der Waals surface area contributed by atoms with Crippen LogP contribution in [0.15, 0.2) is 18.2 Å². The lowest BCUT2D eigenvalue weighted by atomic mass is 9.94. The lowest BCUT2D eigenvalue weighted by molar-refractivity contribution is -0.147. The van der Waals surface area contributed by atoms with E-state index in [4.69, 9.17) is 5.11 Å². The maximum Gasteiger partial charge on any atom is 0.337 e. The number of alkyl halides is 1. The van der Waals surface area contributed by atoms with Gasteiger partial charge in [-0.2, -0.15) is 0 Å². The summed E-state index contributed by atoms with van der Waals surface area (Å²) in [7, 11) is 0. The first-order valence-electron chi connectivity index (χ1n) is 5.30. The molecule has 1 atom stereocenters. The molecule has 94 valence electrons. The van der Waals surface area contributed by atoms with E-state index in [0.29, 0.717) is 17.5 Å². The summed E-state index contributed by atoms with van der Waals surface area (Å²) in [6.07, 6.45) is -0.0730. The van der Waals surface area contributed by atoms with Crippen LogP contribution >= 0.6 is 15.9 Å². The smallest absolute Gasteiger partial charge is 0.337 e. The van der Waals surface area contributed by atoms with Gasteiger partial charge in [-0.15, -0.1) is 0 Å². The zero-order valence-electron chi connectivity index (χ0n) is 9.27. The molecule has 0 aliphatic carbocycles. The molecule has 0 saturated heterocycles. The summed E-state index contributed by atoms with van der Waals surface area (Å²) in [5, 5.41) is 28.5. The standard InChI is InChI=1S/C12H15BrO4/c13-6-2-5-8-3-1-4-9(7-14)10(8)11(15)12(16)17/h1,3-4,11,14-15H,2,5-7H2,(H,16,17).